The van der Waals surface area contributed by atoms with Gasteiger partial charge in [-0.25, -0.2) is 9.59 Å². The zero-order valence-electron chi connectivity index (χ0n) is 23.0. The summed E-state index contributed by atoms with van der Waals surface area (Å²) in [5, 5.41) is 0. The van der Waals surface area contributed by atoms with E-state index in [1.54, 1.807) is 22.2 Å². The lowest BCUT2D eigenvalue weighted by atomic mass is 10.2. The van der Waals surface area contributed by atoms with Gasteiger partial charge in [-0.1, -0.05) is 0 Å². The van der Waals surface area contributed by atoms with E-state index in [1.165, 1.54) is 26.0 Å². The van der Waals surface area contributed by atoms with E-state index < -0.39 is 0 Å². The summed E-state index contributed by atoms with van der Waals surface area (Å²) in [5.74, 6) is -1.11. The molecule has 0 aromatic rings. The molecule has 0 N–H and O–H groups in total. The number of hydrogen-bond acceptors (Lipinski definition) is 10. The van der Waals surface area contributed by atoms with E-state index in [1.807, 2.05) is 28.2 Å². The average molecular weight is 515 g/mol. The number of esters is 4. The summed E-state index contributed by atoms with van der Waals surface area (Å²) >= 11 is 0. The fraction of sp³-hybridized carbons (Fsp3) is 0.692. The highest BCUT2D eigenvalue weighted by Gasteiger charge is 1.99. The summed E-state index contributed by atoms with van der Waals surface area (Å²) in [6.45, 7) is 4.62. The number of carbonyl (C=O) groups excluding carboxylic acids is 4. The molecular formula is C26H46N2O8. The van der Waals surface area contributed by atoms with Gasteiger partial charge in [0, 0.05) is 66.6 Å². The molecule has 0 heterocycles. The summed E-state index contributed by atoms with van der Waals surface area (Å²) in [7, 11) is 7.36. The molecule has 36 heavy (non-hydrogen) atoms. The minimum atomic E-state index is -0.324. The van der Waals surface area contributed by atoms with Crippen LogP contribution in [-0.2, 0) is 38.1 Å². The Labute approximate surface area is 216 Å². The fourth-order valence-electron chi connectivity index (χ4n) is 2.41. The largest absolute Gasteiger partial charge is 0.466 e. The first-order chi connectivity index (χ1) is 17.0. The standard InChI is InChI=1S/C16H28N2O4.C10H18O4/c1-17(2)11-9-15(19)21-13-7-5-6-8-14-22-16(20)10-12-18(3)4;1-9(11)13-7-5-3-4-6-8-14-10(2)12/h9-12H,5-8,13-14H2,1-4H3;3-8H2,1-2H3/b11-9+,12-10+;. The van der Waals surface area contributed by atoms with Crippen LogP contribution < -0.4 is 0 Å². The molecule has 0 unspecified atom stereocenters. The Morgan fingerprint density at radius 1 is 0.500 bits per heavy atom. The van der Waals surface area contributed by atoms with Crippen molar-refractivity contribution in [3.8, 4) is 0 Å². The molecule has 0 radical (unpaired) electrons. The molecule has 0 bridgehead atoms. The molecule has 0 aliphatic carbocycles. The average Bonchev–Trinajstić information content (AvgIpc) is 2.79. The van der Waals surface area contributed by atoms with E-state index in [0.29, 0.717) is 26.4 Å². The van der Waals surface area contributed by atoms with Gasteiger partial charge in [-0.3, -0.25) is 9.59 Å². The van der Waals surface area contributed by atoms with Gasteiger partial charge in [0.05, 0.1) is 26.4 Å². The minimum Gasteiger partial charge on any atom is -0.466 e. The first kappa shape index (κ1) is 35.1. The zero-order chi connectivity index (χ0) is 27.6. The van der Waals surface area contributed by atoms with Gasteiger partial charge < -0.3 is 28.7 Å². The van der Waals surface area contributed by atoms with E-state index in [0.717, 1.165) is 51.4 Å². The molecule has 0 saturated heterocycles. The molecule has 0 aliphatic rings. The second kappa shape index (κ2) is 25.1. The van der Waals surface area contributed by atoms with Crippen molar-refractivity contribution in [2.24, 2.45) is 0 Å². The van der Waals surface area contributed by atoms with Crippen LogP contribution in [0.15, 0.2) is 24.6 Å². The third-order valence-electron chi connectivity index (χ3n) is 4.19. The van der Waals surface area contributed by atoms with Crippen molar-refractivity contribution in [2.45, 2.75) is 65.2 Å². The SMILES string of the molecule is CC(=O)OCCCCCCOC(C)=O.CN(C)/C=C/C(=O)OCCCCCCOC(=O)/C=C/N(C)C. The van der Waals surface area contributed by atoms with Gasteiger partial charge >= 0.3 is 23.9 Å². The number of unbranched alkanes of at least 4 members (excludes halogenated alkanes) is 6. The Morgan fingerprint density at radius 3 is 1.03 bits per heavy atom. The predicted octanol–water partition coefficient (Wildman–Crippen LogP) is 3.46. The molecule has 10 nitrogen and oxygen atoms in total. The second-order valence-corrected chi connectivity index (χ2v) is 8.40. The van der Waals surface area contributed by atoms with Crippen molar-refractivity contribution in [2.75, 3.05) is 54.6 Å². The molecule has 10 heteroatoms. The van der Waals surface area contributed by atoms with Crippen LogP contribution in [0, 0.1) is 0 Å². The van der Waals surface area contributed by atoms with Crippen LogP contribution in [-0.4, -0.2) is 88.3 Å². The molecule has 0 spiro atoms. The third kappa shape index (κ3) is 33.1. The van der Waals surface area contributed by atoms with E-state index >= 15 is 0 Å². The van der Waals surface area contributed by atoms with Crippen molar-refractivity contribution in [1.82, 2.24) is 9.80 Å². The van der Waals surface area contributed by atoms with E-state index in [4.69, 9.17) is 18.9 Å². The molecule has 0 fully saturated rings. The maximum Gasteiger partial charge on any atom is 0.332 e. The summed E-state index contributed by atoms with van der Waals surface area (Å²) < 4.78 is 19.6. The van der Waals surface area contributed by atoms with Gasteiger partial charge in [0.1, 0.15) is 0 Å². The van der Waals surface area contributed by atoms with Crippen molar-refractivity contribution in [3.05, 3.63) is 24.6 Å². The Bertz CT molecular complexity index is 604. The minimum absolute atomic E-state index is 0.232. The normalized spacial score (nSPS) is 10.4. The number of ether oxygens (including phenoxy) is 4. The number of carbonyl (C=O) groups is 4. The van der Waals surface area contributed by atoms with Crippen LogP contribution in [0.4, 0.5) is 0 Å². The molecule has 0 aliphatic heterocycles. The van der Waals surface area contributed by atoms with E-state index in [2.05, 4.69) is 0 Å². The van der Waals surface area contributed by atoms with Crippen LogP contribution >= 0.6 is 0 Å². The van der Waals surface area contributed by atoms with Gasteiger partial charge in [-0.2, -0.15) is 0 Å². The topological polar surface area (TPSA) is 112 Å². The number of hydrogen-bond donors (Lipinski definition) is 0. The molecular weight excluding hydrogens is 468 g/mol. The maximum absolute atomic E-state index is 11.3. The van der Waals surface area contributed by atoms with E-state index in [9.17, 15) is 19.2 Å². The predicted molar refractivity (Wildman–Crippen MR) is 138 cm³/mol. The third-order valence-corrected chi connectivity index (χ3v) is 4.19. The Kier molecular flexibility index (Phi) is 24.5. The highest BCUT2D eigenvalue weighted by molar-refractivity contribution is 5.82. The van der Waals surface area contributed by atoms with Crippen LogP contribution in [0.2, 0.25) is 0 Å². The van der Waals surface area contributed by atoms with Crippen LogP contribution in [0.25, 0.3) is 0 Å². The monoisotopic (exact) mass is 514 g/mol. The van der Waals surface area contributed by atoms with Gasteiger partial charge in [0.25, 0.3) is 0 Å². The Balaban J connectivity index is 0. The first-order valence-corrected chi connectivity index (χ1v) is 12.3. The summed E-state index contributed by atoms with van der Waals surface area (Å²) in [5.41, 5.74) is 0. The zero-order valence-corrected chi connectivity index (χ0v) is 23.0. The van der Waals surface area contributed by atoms with Crippen LogP contribution in [0.5, 0.6) is 0 Å². The first-order valence-electron chi connectivity index (χ1n) is 12.3. The molecule has 208 valence electrons. The van der Waals surface area contributed by atoms with Gasteiger partial charge in [0.15, 0.2) is 0 Å². The van der Waals surface area contributed by atoms with Crippen molar-refractivity contribution in [3.63, 3.8) is 0 Å². The molecule has 0 saturated carbocycles. The van der Waals surface area contributed by atoms with Crippen molar-refractivity contribution < 1.29 is 38.1 Å². The van der Waals surface area contributed by atoms with Crippen LogP contribution in [0.1, 0.15) is 65.2 Å². The Hall–Kier alpha value is -3.04. The van der Waals surface area contributed by atoms with Crippen molar-refractivity contribution in [1.29, 1.82) is 0 Å². The molecule has 0 rings (SSSR count). The molecule has 0 atom stereocenters. The van der Waals surface area contributed by atoms with Gasteiger partial charge in [-0.05, 0) is 51.4 Å². The number of rotatable bonds is 18. The summed E-state index contributed by atoms with van der Waals surface area (Å²) in [6, 6.07) is 0. The van der Waals surface area contributed by atoms with Gasteiger partial charge in [-0.15, -0.1) is 0 Å². The lowest BCUT2D eigenvalue weighted by Crippen LogP contribution is -2.07. The quantitative estimate of drug-likeness (QED) is 0.117. The van der Waals surface area contributed by atoms with Gasteiger partial charge in [0.2, 0.25) is 0 Å². The Morgan fingerprint density at radius 2 is 0.778 bits per heavy atom. The molecule has 0 aromatic carbocycles. The van der Waals surface area contributed by atoms with Crippen LogP contribution in [0.3, 0.4) is 0 Å². The highest BCUT2D eigenvalue weighted by atomic mass is 16.5. The summed E-state index contributed by atoms with van der Waals surface area (Å²) in [4.78, 5) is 46.8. The highest BCUT2D eigenvalue weighted by Crippen LogP contribution is 2.02. The molecule has 0 aromatic heterocycles. The number of nitrogens with zero attached hydrogens (tertiary/aromatic N) is 2. The lowest BCUT2D eigenvalue weighted by molar-refractivity contribution is -0.142. The smallest absolute Gasteiger partial charge is 0.332 e. The second-order valence-electron chi connectivity index (χ2n) is 8.40. The molecule has 0 amide bonds. The maximum atomic E-state index is 11.3. The fourth-order valence-corrected chi connectivity index (χ4v) is 2.41. The summed E-state index contributed by atoms with van der Waals surface area (Å²) in [6.07, 6.45) is 13.4. The van der Waals surface area contributed by atoms with E-state index in [-0.39, 0.29) is 23.9 Å². The van der Waals surface area contributed by atoms with Crippen molar-refractivity contribution >= 4 is 23.9 Å². The lowest BCUT2D eigenvalue weighted by Gasteiger charge is -2.05.